The third-order valence-corrected chi connectivity index (χ3v) is 6.58. The van der Waals surface area contributed by atoms with Crippen LogP contribution in [0.5, 0.6) is 0 Å². The first-order chi connectivity index (χ1) is 12.8. The number of hydrogen-bond acceptors (Lipinski definition) is 5. The summed E-state index contributed by atoms with van der Waals surface area (Å²) in [6, 6.07) is 6.59. The Morgan fingerprint density at radius 1 is 1.30 bits per heavy atom. The maximum absolute atomic E-state index is 12.3. The molecule has 8 nitrogen and oxygen atoms in total. The van der Waals surface area contributed by atoms with Crippen LogP contribution in [0.3, 0.4) is 0 Å². The van der Waals surface area contributed by atoms with Crippen molar-refractivity contribution >= 4 is 16.2 Å². The molecule has 1 aliphatic rings. The summed E-state index contributed by atoms with van der Waals surface area (Å²) in [4.78, 5) is 20.0. The number of benzene rings is 1. The van der Waals surface area contributed by atoms with Gasteiger partial charge in [-0.05, 0) is 30.9 Å². The van der Waals surface area contributed by atoms with Gasteiger partial charge in [0, 0.05) is 45.1 Å². The first kappa shape index (κ1) is 19.4. The molecular weight excluding hydrogens is 368 g/mol. The normalized spacial score (nSPS) is 18.1. The first-order valence-corrected chi connectivity index (χ1v) is 10.00. The lowest BCUT2D eigenvalue weighted by Gasteiger charge is -2.21. The van der Waals surface area contributed by atoms with Gasteiger partial charge < -0.3 is 5.11 Å². The molecule has 0 radical (unpaired) electrons. The zero-order valence-corrected chi connectivity index (χ0v) is 16.1. The van der Waals surface area contributed by atoms with Crippen molar-refractivity contribution in [1.29, 1.82) is 0 Å². The lowest BCUT2D eigenvalue weighted by molar-refractivity contribution is 0.0697. The second-order valence-electron chi connectivity index (χ2n) is 6.74. The van der Waals surface area contributed by atoms with E-state index in [1.807, 2.05) is 0 Å². The van der Waals surface area contributed by atoms with Gasteiger partial charge in [-0.1, -0.05) is 12.1 Å². The third kappa shape index (κ3) is 4.15. The summed E-state index contributed by atoms with van der Waals surface area (Å²) in [7, 11) is -0.361. The molecule has 3 rings (SSSR count). The van der Waals surface area contributed by atoms with E-state index in [4.69, 9.17) is 0 Å². The van der Waals surface area contributed by atoms with E-state index >= 15 is 0 Å². The number of aromatic nitrogens is 2. The van der Waals surface area contributed by atoms with E-state index in [1.165, 1.54) is 28.8 Å². The van der Waals surface area contributed by atoms with E-state index in [9.17, 15) is 18.3 Å². The Kier molecular flexibility index (Phi) is 5.54. The van der Waals surface area contributed by atoms with Crippen molar-refractivity contribution in [3.8, 4) is 11.3 Å². The number of carboxylic acid groups (broad SMARTS) is 1. The second kappa shape index (κ2) is 7.71. The van der Waals surface area contributed by atoms with Crippen molar-refractivity contribution in [3.05, 3.63) is 47.9 Å². The highest BCUT2D eigenvalue weighted by Crippen LogP contribution is 2.27. The predicted molar refractivity (Wildman–Crippen MR) is 100 cm³/mol. The molecular formula is C18H22N4O4S. The van der Waals surface area contributed by atoms with Gasteiger partial charge in [0.05, 0.1) is 17.0 Å². The lowest BCUT2D eigenvalue weighted by atomic mass is 9.98. The second-order valence-corrected chi connectivity index (χ2v) is 8.89. The first-order valence-electron chi connectivity index (χ1n) is 8.60. The van der Waals surface area contributed by atoms with Gasteiger partial charge in [0.1, 0.15) is 0 Å². The quantitative estimate of drug-likeness (QED) is 0.802. The number of nitrogens with zero attached hydrogens (tertiary/aromatic N) is 4. The molecule has 1 unspecified atom stereocenters. The van der Waals surface area contributed by atoms with E-state index in [2.05, 4.69) is 9.97 Å². The molecule has 1 aromatic heterocycles. The van der Waals surface area contributed by atoms with Crippen molar-refractivity contribution in [1.82, 2.24) is 18.6 Å². The summed E-state index contributed by atoms with van der Waals surface area (Å²) in [5.74, 6) is -0.861. The molecule has 2 aromatic rings. The molecule has 0 spiro atoms. The van der Waals surface area contributed by atoms with Crippen LogP contribution >= 0.6 is 0 Å². The van der Waals surface area contributed by atoms with Gasteiger partial charge in [-0.3, -0.25) is 9.97 Å². The highest BCUT2D eigenvalue weighted by atomic mass is 32.2. The average molecular weight is 390 g/mol. The molecule has 144 valence electrons. The van der Waals surface area contributed by atoms with Crippen LogP contribution in [0.1, 0.15) is 22.5 Å². The van der Waals surface area contributed by atoms with Crippen molar-refractivity contribution in [2.45, 2.75) is 12.8 Å². The monoisotopic (exact) mass is 390 g/mol. The minimum absolute atomic E-state index is 0.137. The van der Waals surface area contributed by atoms with Gasteiger partial charge in [0.2, 0.25) is 0 Å². The van der Waals surface area contributed by atoms with E-state index in [0.29, 0.717) is 30.8 Å². The Labute approximate surface area is 158 Å². The van der Waals surface area contributed by atoms with Crippen LogP contribution in [-0.2, 0) is 16.6 Å². The number of hydrogen-bond donors (Lipinski definition) is 1. The minimum atomic E-state index is -3.41. The SMILES string of the molecule is CN(C)S(=O)(=O)N1CCC(Cc2nccnc2-c2cccc(C(=O)O)c2)C1. The van der Waals surface area contributed by atoms with Crippen LogP contribution < -0.4 is 0 Å². The van der Waals surface area contributed by atoms with Crippen LogP contribution in [0.4, 0.5) is 0 Å². The number of carboxylic acids is 1. The summed E-state index contributed by atoms with van der Waals surface area (Å²) in [5, 5.41) is 9.20. The molecule has 0 saturated carbocycles. The fraction of sp³-hybridized carbons (Fsp3) is 0.389. The molecule has 27 heavy (non-hydrogen) atoms. The minimum Gasteiger partial charge on any atom is -0.478 e. The molecule has 1 saturated heterocycles. The average Bonchev–Trinajstić information content (AvgIpc) is 3.11. The number of rotatable bonds is 6. The van der Waals surface area contributed by atoms with Gasteiger partial charge in [0.25, 0.3) is 10.2 Å². The van der Waals surface area contributed by atoms with Crippen LogP contribution in [0.25, 0.3) is 11.3 Å². The van der Waals surface area contributed by atoms with Crippen LogP contribution in [0.2, 0.25) is 0 Å². The Bertz CT molecular complexity index is 946. The Hall–Kier alpha value is -2.36. The van der Waals surface area contributed by atoms with Gasteiger partial charge in [-0.2, -0.15) is 17.0 Å². The molecule has 9 heteroatoms. The Morgan fingerprint density at radius 2 is 2.04 bits per heavy atom. The maximum atomic E-state index is 12.3. The van der Waals surface area contributed by atoms with Crippen molar-refractivity contribution in [2.24, 2.45) is 5.92 Å². The number of carbonyl (C=O) groups is 1. The molecule has 0 bridgehead atoms. The molecule has 1 aromatic carbocycles. The molecule has 2 heterocycles. The fourth-order valence-corrected chi connectivity index (χ4v) is 4.43. The smallest absolute Gasteiger partial charge is 0.335 e. The van der Waals surface area contributed by atoms with Gasteiger partial charge in [0.15, 0.2) is 0 Å². The van der Waals surface area contributed by atoms with Gasteiger partial charge in [-0.25, -0.2) is 4.79 Å². The van der Waals surface area contributed by atoms with Crippen LogP contribution in [0, 0.1) is 5.92 Å². The summed E-state index contributed by atoms with van der Waals surface area (Å²) < 4.78 is 27.3. The van der Waals surface area contributed by atoms with Crippen LogP contribution in [0.15, 0.2) is 36.7 Å². The molecule has 1 aliphatic heterocycles. The predicted octanol–water partition coefficient (Wildman–Crippen LogP) is 1.51. The summed E-state index contributed by atoms with van der Waals surface area (Å²) in [5.41, 5.74) is 2.26. The van der Waals surface area contributed by atoms with Crippen molar-refractivity contribution in [2.75, 3.05) is 27.2 Å². The third-order valence-electron chi connectivity index (χ3n) is 4.68. The summed E-state index contributed by atoms with van der Waals surface area (Å²) in [6.45, 7) is 0.918. The highest BCUT2D eigenvalue weighted by molar-refractivity contribution is 7.86. The van der Waals surface area contributed by atoms with Crippen molar-refractivity contribution < 1.29 is 18.3 Å². The summed E-state index contributed by atoms with van der Waals surface area (Å²) in [6.07, 6.45) is 4.51. The number of aromatic carboxylic acids is 1. The molecule has 0 aliphatic carbocycles. The largest absolute Gasteiger partial charge is 0.478 e. The van der Waals surface area contributed by atoms with Crippen LogP contribution in [-0.4, -0.2) is 65.3 Å². The fourth-order valence-electron chi connectivity index (χ4n) is 3.23. The molecule has 1 fully saturated rings. The topological polar surface area (TPSA) is 104 Å². The highest BCUT2D eigenvalue weighted by Gasteiger charge is 2.33. The summed E-state index contributed by atoms with van der Waals surface area (Å²) >= 11 is 0. The molecule has 1 N–H and O–H groups in total. The van der Waals surface area contributed by atoms with E-state index < -0.39 is 16.2 Å². The van der Waals surface area contributed by atoms with E-state index in [-0.39, 0.29) is 11.5 Å². The maximum Gasteiger partial charge on any atom is 0.335 e. The zero-order valence-electron chi connectivity index (χ0n) is 15.2. The molecule has 1 atom stereocenters. The molecule has 0 amide bonds. The van der Waals surface area contributed by atoms with E-state index in [1.54, 1.807) is 30.6 Å². The standard InChI is InChI=1S/C18H22N4O4S/c1-21(2)27(25,26)22-9-6-13(12-22)10-16-17(20-8-7-19-16)14-4-3-5-15(11-14)18(23)24/h3-5,7-8,11,13H,6,9-10,12H2,1-2H3,(H,23,24). The lowest BCUT2D eigenvalue weighted by Crippen LogP contribution is -2.38. The van der Waals surface area contributed by atoms with E-state index in [0.717, 1.165) is 12.1 Å². The Balaban J connectivity index is 1.82. The zero-order chi connectivity index (χ0) is 19.6. The van der Waals surface area contributed by atoms with Gasteiger partial charge >= 0.3 is 5.97 Å². The van der Waals surface area contributed by atoms with Gasteiger partial charge in [-0.15, -0.1) is 0 Å². The Morgan fingerprint density at radius 3 is 2.74 bits per heavy atom. The van der Waals surface area contributed by atoms with Crippen molar-refractivity contribution in [3.63, 3.8) is 0 Å².